The van der Waals surface area contributed by atoms with Gasteiger partial charge in [0.25, 0.3) is 5.91 Å². The van der Waals surface area contributed by atoms with Crippen LogP contribution in [0.5, 0.6) is 0 Å². The topological polar surface area (TPSA) is 38.8 Å². The Balaban J connectivity index is 2.46. The van der Waals surface area contributed by atoms with E-state index in [1.165, 1.54) is 14.2 Å². The molecule has 7 heteroatoms. The van der Waals surface area contributed by atoms with E-state index < -0.39 is 18.2 Å². The largest absolute Gasteiger partial charge is 0.414 e. The number of carbonyl (C=O) groups is 1. The van der Waals surface area contributed by atoms with Crippen molar-refractivity contribution in [2.45, 2.75) is 25.1 Å². The molecule has 0 radical (unpaired) electrons. The molecule has 0 saturated carbocycles. The fourth-order valence-electron chi connectivity index (χ4n) is 1.55. The fraction of sp³-hybridized carbons (Fsp3) is 0.889. The number of amides is 1. The van der Waals surface area contributed by atoms with Gasteiger partial charge in [0.05, 0.1) is 19.6 Å². The second-order valence-corrected chi connectivity index (χ2v) is 3.66. The number of rotatable bonds is 2. The Bertz CT molecular complexity index is 249. The fourth-order valence-corrected chi connectivity index (χ4v) is 1.55. The molecule has 1 saturated heterocycles. The van der Waals surface area contributed by atoms with Gasteiger partial charge in [-0.2, -0.15) is 13.2 Å². The highest BCUT2D eigenvalue weighted by Crippen LogP contribution is 2.31. The maximum atomic E-state index is 12.2. The summed E-state index contributed by atoms with van der Waals surface area (Å²) in [6.45, 7) is -0.212. The van der Waals surface area contributed by atoms with E-state index in [4.69, 9.17) is 0 Å². The minimum Gasteiger partial charge on any atom is -0.368 e. The minimum absolute atomic E-state index is 0.163. The SMILES string of the molecule is CON(C)C(=O)[C@@H]1CC[C@@H](C(F)(F)F)OC1. The van der Waals surface area contributed by atoms with Gasteiger partial charge in [-0.1, -0.05) is 0 Å². The summed E-state index contributed by atoms with van der Waals surface area (Å²) < 4.78 is 41.4. The van der Waals surface area contributed by atoms with Crippen LogP contribution in [0.4, 0.5) is 13.2 Å². The molecular weight excluding hydrogens is 227 g/mol. The van der Waals surface area contributed by atoms with Crippen LogP contribution < -0.4 is 0 Å². The molecule has 0 unspecified atom stereocenters. The quantitative estimate of drug-likeness (QED) is 0.685. The van der Waals surface area contributed by atoms with Gasteiger partial charge in [0.15, 0.2) is 6.10 Å². The summed E-state index contributed by atoms with van der Waals surface area (Å²) in [5.41, 5.74) is 0. The summed E-state index contributed by atoms with van der Waals surface area (Å²) >= 11 is 0. The van der Waals surface area contributed by atoms with Gasteiger partial charge in [0, 0.05) is 7.05 Å². The molecule has 94 valence electrons. The summed E-state index contributed by atoms with van der Waals surface area (Å²) in [6, 6.07) is 0. The number of alkyl halides is 3. The Morgan fingerprint density at radius 1 is 1.44 bits per heavy atom. The smallest absolute Gasteiger partial charge is 0.368 e. The second kappa shape index (κ2) is 5.01. The monoisotopic (exact) mass is 241 g/mol. The average Bonchev–Trinajstić information content (AvgIpc) is 2.26. The van der Waals surface area contributed by atoms with Crippen molar-refractivity contribution >= 4 is 5.91 Å². The highest BCUT2D eigenvalue weighted by molar-refractivity contribution is 5.77. The molecule has 0 aromatic carbocycles. The van der Waals surface area contributed by atoms with E-state index in [2.05, 4.69) is 9.57 Å². The van der Waals surface area contributed by atoms with Crippen molar-refractivity contribution in [2.75, 3.05) is 20.8 Å². The third-order valence-corrected chi connectivity index (χ3v) is 2.57. The number of hydrogen-bond acceptors (Lipinski definition) is 3. The van der Waals surface area contributed by atoms with E-state index >= 15 is 0 Å². The zero-order valence-electron chi connectivity index (χ0n) is 9.08. The van der Waals surface area contributed by atoms with Gasteiger partial charge in [-0.15, -0.1) is 0 Å². The molecule has 16 heavy (non-hydrogen) atoms. The third kappa shape index (κ3) is 3.08. The van der Waals surface area contributed by atoms with Crippen LogP contribution in [0.25, 0.3) is 0 Å². The van der Waals surface area contributed by atoms with Crippen molar-refractivity contribution in [2.24, 2.45) is 5.92 Å². The number of hydroxylamine groups is 2. The molecule has 1 amide bonds. The van der Waals surface area contributed by atoms with Crippen LogP contribution in [0, 0.1) is 5.92 Å². The second-order valence-electron chi connectivity index (χ2n) is 3.66. The van der Waals surface area contributed by atoms with Crippen molar-refractivity contribution < 1.29 is 27.5 Å². The van der Waals surface area contributed by atoms with E-state index in [0.29, 0.717) is 0 Å². The van der Waals surface area contributed by atoms with Gasteiger partial charge in [-0.05, 0) is 12.8 Å². The Morgan fingerprint density at radius 2 is 2.06 bits per heavy atom. The normalized spacial score (nSPS) is 26.6. The van der Waals surface area contributed by atoms with Crippen molar-refractivity contribution in [1.82, 2.24) is 5.06 Å². The first kappa shape index (κ1) is 13.2. The molecule has 1 rings (SSSR count). The summed E-state index contributed by atoms with van der Waals surface area (Å²) in [5, 5.41) is 1.00. The lowest BCUT2D eigenvalue weighted by molar-refractivity contribution is -0.238. The summed E-state index contributed by atoms with van der Waals surface area (Å²) in [4.78, 5) is 16.2. The molecular formula is C9H14F3NO3. The first-order valence-corrected chi connectivity index (χ1v) is 4.86. The molecule has 0 aromatic rings. The highest BCUT2D eigenvalue weighted by Gasteiger charge is 2.44. The van der Waals surface area contributed by atoms with Gasteiger partial charge in [0.2, 0.25) is 0 Å². The van der Waals surface area contributed by atoms with Crippen molar-refractivity contribution in [3.8, 4) is 0 Å². The Hall–Kier alpha value is -0.820. The van der Waals surface area contributed by atoms with Crippen LogP contribution >= 0.6 is 0 Å². The van der Waals surface area contributed by atoms with Gasteiger partial charge < -0.3 is 4.74 Å². The molecule has 0 aromatic heterocycles. The zero-order valence-corrected chi connectivity index (χ0v) is 9.08. The lowest BCUT2D eigenvalue weighted by Crippen LogP contribution is -2.42. The molecule has 4 nitrogen and oxygen atoms in total. The predicted molar refractivity (Wildman–Crippen MR) is 48.3 cm³/mol. The van der Waals surface area contributed by atoms with Gasteiger partial charge in [-0.25, -0.2) is 5.06 Å². The van der Waals surface area contributed by atoms with E-state index in [1.54, 1.807) is 0 Å². The summed E-state index contributed by atoms with van der Waals surface area (Å²) in [7, 11) is 2.73. The lowest BCUT2D eigenvalue weighted by Gasteiger charge is -2.30. The van der Waals surface area contributed by atoms with Crippen LogP contribution in [-0.4, -0.2) is 44.0 Å². The van der Waals surface area contributed by atoms with E-state index in [9.17, 15) is 18.0 Å². The molecule has 0 spiro atoms. The third-order valence-electron chi connectivity index (χ3n) is 2.57. The van der Waals surface area contributed by atoms with Crippen molar-refractivity contribution in [1.29, 1.82) is 0 Å². The average molecular weight is 241 g/mol. The molecule has 1 heterocycles. The summed E-state index contributed by atoms with van der Waals surface area (Å²) in [5.74, 6) is -0.910. The minimum atomic E-state index is -4.35. The molecule has 1 aliphatic heterocycles. The molecule has 2 atom stereocenters. The Morgan fingerprint density at radius 3 is 2.44 bits per heavy atom. The molecule has 1 fully saturated rings. The highest BCUT2D eigenvalue weighted by atomic mass is 19.4. The Kier molecular flexibility index (Phi) is 4.15. The number of carbonyl (C=O) groups excluding carboxylic acids is 1. The number of halogens is 3. The van der Waals surface area contributed by atoms with Crippen LogP contribution in [-0.2, 0) is 14.4 Å². The summed E-state index contributed by atoms with van der Waals surface area (Å²) in [6.07, 6.45) is -6.11. The lowest BCUT2D eigenvalue weighted by atomic mass is 9.97. The molecule has 0 aliphatic carbocycles. The van der Waals surface area contributed by atoms with Gasteiger partial charge in [-0.3, -0.25) is 9.63 Å². The number of nitrogens with zero attached hydrogens (tertiary/aromatic N) is 1. The van der Waals surface area contributed by atoms with Gasteiger partial charge >= 0.3 is 6.18 Å². The van der Waals surface area contributed by atoms with Crippen molar-refractivity contribution in [3.05, 3.63) is 0 Å². The van der Waals surface area contributed by atoms with Crippen LogP contribution in [0.3, 0.4) is 0 Å². The number of ether oxygens (including phenoxy) is 1. The number of hydrogen-bond donors (Lipinski definition) is 0. The first-order chi connectivity index (χ1) is 7.36. The van der Waals surface area contributed by atoms with Crippen LogP contribution in [0.1, 0.15) is 12.8 Å². The Labute approximate surface area is 91.3 Å². The van der Waals surface area contributed by atoms with Gasteiger partial charge in [0.1, 0.15) is 0 Å². The van der Waals surface area contributed by atoms with E-state index in [1.807, 2.05) is 0 Å². The zero-order chi connectivity index (χ0) is 12.3. The standard InChI is InChI=1S/C9H14F3NO3/c1-13(15-2)8(14)6-3-4-7(16-5-6)9(10,11)12/h6-7H,3-5H2,1-2H3/t6-,7+/m1/s1. The maximum absolute atomic E-state index is 12.2. The maximum Gasteiger partial charge on any atom is 0.414 e. The molecule has 0 N–H and O–H groups in total. The van der Waals surface area contributed by atoms with E-state index in [-0.39, 0.29) is 25.4 Å². The van der Waals surface area contributed by atoms with Crippen molar-refractivity contribution in [3.63, 3.8) is 0 Å². The van der Waals surface area contributed by atoms with Crippen LogP contribution in [0.15, 0.2) is 0 Å². The van der Waals surface area contributed by atoms with Crippen LogP contribution in [0.2, 0.25) is 0 Å². The van der Waals surface area contributed by atoms with E-state index in [0.717, 1.165) is 5.06 Å². The molecule has 0 bridgehead atoms. The first-order valence-electron chi connectivity index (χ1n) is 4.86. The molecule has 1 aliphatic rings. The predicted octanol–water partition coefficient (Wildman–Crippen LogP) is 1.36.